The van der Waals surface area contributed by atoms with Gasteiger partial charge in [0, 0.05) is 27.6 Å². The van der Waals surface area contributed by atoms with Gasteiger partial charge < -0.3 is 9.64 Å². The molecule has 0 aromatic heterocycles. The molecule has 2 aliphatic rings. The molecule has 16 heteroatoms. The van der Waals surface area contributed by atoms with Crippen LogP contribution in [0.3, 0.4) is 0 Å². The molecule has 0 radical (unpaired) electrons. The molecule has 13 rings (SSSR count). The maximum absolute atomic E-state index is 7.61. The largest absolute Gasteiger partial charge is 0.455 e. The number of rotatable bonds is 3. The van der Waals surface area contributed by atoms with E-state index in [4.69, 9.17) is 4.74 Å². The number of fused-ring (bicyclic) bond motifs is 14. The van der Waals surface area contributed by atoms with Gasteiger partial charge in [0.1, 0.15) is 121 Å². The number of nitrogens with zero attached hydrogens (tertiary/aromatic N) is 1. The monoisotopic (exact) mass is 944 g/mol. The average molecular weight is 941 g/mol. The van der Waals surface area contributed by atoms with Gasteiger partial charge >= 0.3 is 0 Å². The van der Waals surface area contributed by atoms with Gasteiger partial charge in [0.05, 0.1) is 16.8 Å². The van der Waals surface area contributed by atoms with Gasteiger partial charge in [-0.25, -0.2) is 0 Å². The van der Waals surface area contributed by atoms with Crippen molar-refractivity contribution in [2.45, 2.75) is 5.41 Å². The van der Waals surface area contributed by atoms with Crippen molar-refractivity contribution in [3.8, 4) is 33.8 Å². The lowest BCUT2D eigenvalue weighted by Crippen LogP contribution is -2.52. The molecule has 2 nitrogen and oxygen atoms in total. The lowest BCUT2D eigenvalue weighted by Gasteiger charge is -2.49. The summed E-state index contributed by atoms with van der Waals surface area (Å²) in [6, 6.07) is 53.0. The second-order valence-corrected chi connectivity index (χ2v) is 22.3. The van der Waals surface area contributed by atoms with Crippen LogP contribution in [0.4, 0.5) is 17.1 Å². The van der Waals surface area contributed by atoms with Crippen molar-refractivity contribution in [1.29, 1.82) is 0 Å². The highest BCUT2D eigenvalue weighted by Gasteiger charge is 2.52. The van der Waals surface area contributed by atoms with Crippen LogP contribution in [0.25, 0.3) is 65.3 Å². The molecule has 0 saturated carbocycles. The first-order valence-electron chi connectivity index (χ1n) is 26.9. The molecule has 11 aromatic rings. The summed E-state index contributed by atoms with van der Waals surface area (Å²) >= 11 is 0. The van der Waals surface area contributed by atoms with Crippen LogP contribution in [-0.4, -0.2) is 110 Å². The predicted molar refractivity (Wildman–Crippen MR) is 368 cm³/mol. The van der Waals surface area contributed by atoms with Gasteiger partial charge in [-0.15, -0.1) is 32.8 Å². The second kappa shape index (κ2) is 17.0. The Morgan fingerprint density at radius 3 is 1.08 bits per heavy atom. The standard InChI is InChI=1S/C59H51B14NO/c60-43-37(39-41(47(64)51(43)68)49(66)55(72)53(70)45(39)62)26-16-20-35-33(22-26)59(31-18-14-24-8-4-6-12-29(24)57(31)75-58-30-13-7-5-9-25(30)15-19-32(58)59)34-23-27(17-21-36(34)74(35)28-10-2-1-3-11-28)38-40-42(48(65)52(69)44(38)61)50(67)56(73)54(71)46(40)63/h1-23H,60-73H2. The van der Waals surface area contributed by atoms with E-state index in [-0.39, 0.29) is 0 Å². The molecule has 0 aliphatic carbocycles. The van der Waals surface area contributed by atoms with Crippen molar-refractivity contribution in [3.05, 3.63) is 162 Å². The fourth-order valence-electron chi connectivity index (χ4n) is 14.2. The van der Waals surface area contributed by atoms with Crippen molar-refractivity contribution in [2.75, 3.05) is 4.90 Å². The number of para-hydroxylation sites is 1. The SMILES string of the molecule is Bc1c(B)c(B)c2c(-c3ccc4c(c3)C3(c5cc(-c6c(B)c(B)c(B)c7c(B)c(B)c(B)c(B)c67)ccc5N4c4ccccc4)c4ccc5ccccc5c4Oc4c3ccc3ccccc43)c(B)c(B)c(B)c2c1B. The van der Waals surface area contributed by atoms with Gasteiger partial charge in [-0.05, 0) is 102 Å². The maximum Gasteiger partial charge on any atom is 0.140 e. The molecule has 2 aliphatic heterocycles. The Balaban J connectivity index is 1.27. The first-order valence-corrected chi connectivity index (χ1v) is 26.9. The van der Waals surface area contributed by atoms with Gasteiger partial charge in [0.15, 0.2) is 0 Å². The molecule has 0 N–H and O–H groups in total. The van der Waals surface area contributed by atoms with E-state index in [9.17, 15) is 0 Å². The van der Waals surface area contributed by atoms with Gasteiger partial charge in [-0.3, -0.25) is 0 Å². The third-order valence-electron chi connectivity index (χ3n) is 19.3. The second-order valence-electron chi connectivity index (χ2n) is 22.3. The minimum atomic E-state index is -0.860. The molecule has 0 fully saturated rings. The lowest BCUT2D eigenvalue weighted by atomic mass is 9.57. The lowest BCUT2D eigenvalue weighted by molar-refractivity contribution is 0.444. The van der Waals surface area contributed by atoms with Gasteiger partial charge in [-0.1, -0.05) is 147 Å². The molecule has 340 valence electrons. The molecule has 75 heavy (non-hydrogen) atoms. The average Bonchev–Trinajstić information content (AvgIpc) is 3.56. The van der Waals surface area contributed by atoms with E-state index in [2.05, 4.69) is 254 Å². The van der Waals surface area contributed by atoms with Crippen molar-refractivity contribution >= 4 is 246 Å². The molecule has 0 amide bonds. The third-order valence-corrected chi connectivity index (χ3v) is 19.3. The molecule has 0 bridgehead atoms. The Labute approximate surface area is 454 Å². The van der Waals surface area contributed by atoms with Gasteiger partial charge in [0.2, 0.25) is 0 Å². The topological polar surface area (TPSA) is 12.5 Å². The van der Waals surface area contributed by atoms with Crippen molar-refractivity contribution in [3.63, 3.8) is 0 Å². The summed E-state index contributed by atoms with van der Waals surface area (Å²) in [6.45, 7) is 0. The third kappa shape index (κ3) is 6.35. The zero-order chi connectivity index (χ0) is 52.3. The zero-order valence-corrected chi connectivity index (χ0v) is 46.1. The first kappa shape index (κ1) is 47.7. The fraction of sp³-hybridized carbons (Fsp3) is 0.0169. The molecule has 2 heterocycles. The zero-order valence-electron chi connectivity index (χ0n) is 46.1. The highest BCUT2D eigenvalue weighted by molar-refractivity contribution is 6.73. The normalized spacial score (nSPS) is 13.2. The number of anilines is 3. The van der Waals surface area contributed by atoms with Crippen LogP contribution in [0.15, 0.2) is 140 Å². The molecule has 11 aromatic carbocycles. The quantitative estimate of drug-likeness (QED) is 0.164. The summed E-state index contributed by atoms with van der Waals surface area (Å²) in [5.74, 6) is 1.82. The van der Waals surface area contributed by atoms with E-state index in [1.54, 1.807) is 0 Å². The van der Waals surface area contributed by atoms with Crippen LogP contribution in [0.1, 0.15) is 22.3 Å². The predicted octanol–water partition coefficient (Wildman–Crippen LogP) is -8.48. The van der Waals surface area contributed by atoms with Crippen LogP contribution in [0.2, 0.25) is 0 Å². The summed E-state index contributed by atoms with van der Waals surface area (Å²) in [4.78, 5) is 2.54. The number of ether oxygens (including phenoxy) is 1. The minimum Gasteiger partial charge on any atom is -0.455 e. The van der Waals surface area contributed by atoms with Crippen LogP contribution in [0, 0.1) is 0 Å². The van der Waals surface area contributed by atoms with Crippen LogP contribution in [-0.2, 0) is 5.41 Å². The van der Waals surface area contributed by atoms with Gasteiger partial charge in [-0.2, -0.15) is 0 Å². The smallest absolute Gasteiger partial charge is 0.140 e. The highest BCUT2D eigenvalue weighted by atomic mass is 16.5. The number of hydrogen-bond donors (Lipinski definition) is 0. The van der Waals surface area contributed by atoms with Crippen molar-refractivity contribution in [1.82, 2.24) is 0 Å². The first-order chi connectivity index (χ1) is 36.1. The van der Waals surface area contributed by atoms with E-state index in [1.807, 2.05) is 0 Å². The molecule has 0 unspecified atom stereocenters. The fourth-order valence-corrected chi connectivity index (χ4v) is 14.2. The summed E-state index contributed by atoms with van der Waals surface area (Å²) < 4.78 is 7.61. The summed E-state index contributed by atoms with van der Waals surface area (Å²) in [7, 11) is 32.6. The van der Waals surface area contributed by atoms with Gasteiger partial charge in [0.25, 0.3) is 0 Å². The Morgan fingerprint density at radius 2 is 0.667 bits per heavy atom. The molecule has 1 spiro atoms. The Hall–Kier alpha value is -7.03. The van der Waals surface area contributed by atoms with E-state index in [0.29, 0.717) is 0 Å². The van der Waals surface area contributed by atoms with E-state index in [1.165, 1.54) is 131 Å². The molecule has 0 saturated heterocycles. The van der Waals surface area contributed by atoms with Crippen LogP contribution in [0.5, 0.6) is 11.5 Å². The Bertz CT molecular complexity index is 4130. The molecule has 0 atom stereocenters. The summed E-state index contributed by atoms with van der Waals surface area (Å²) in [5, 5.41) is 10.0. The number of benzene rings is 11. The van der Waals surface area contributed by atoms with E-state index >= 15 is 0 Å². The maximum atomic E-state index is 7.61. The van der Waals surface area contributed by atoms with Crippen LogP contribution < -0.4 is 86.1 Å². The summed E-state index contributed by atoms with van der Waals surface area (Å²) in [6.07, 6.45) is 0. The molecular weight excluding hydrogens is 890 g/mol. The van der Waals surface area contributed by atoms with Crippen molar-refractivity contribution in [2.24, 2.45) is 0 Å². The molecular formula is C59H51B14NO. The highest BCUT2D eigenvalue weighted by Crippen LogP contribution is 2.65. The summed E-state index contributed by atoms with van der Waals surface area (Å²) in [5.41, 5.74) is 31.5. The van der Waals surface area contributed by atoms with Crippen molar-refractivity contribution < 1.29 is 4.74 Å². The van der Waals surface area contributed by atoms with Crippen LogP contribution >= 0.6 is 0 Å². The Kier molecular flexibility index (Phi) is 10.8. The van der Waals surface area contributed by atoms with E-state index < -0.39 is 5.41 Å². The minimum absolute atomic E-state index is 0.860. The Morgan fingerprint density at radius 1 is 0.307 bits per heavy atom. The number of hydrogen-bond acceptors (Lipinski definition) is 2. The van der Waals surface area contributed by atoms with E-state index in [0.717, 1.165) is 61.2 Å².